The zero-order chi connectivity index (χ0) is 48.4. The van der Waals surface area contributed by atoms with Gasteiger partial charge in [0.2, 0.25) is 0 Å². The number of nitrogens with zero attached hydrogens (tertiary/aromatic N) is 12. The van der Waals surface area contributed by atoms with E-state index in [1.165, 1.54) is 12.7 Å². The lowest BCUT2D eigenvalue weighted by Gasteiger charge is -2.18. The van der Waals surface area contributed by atoms with Crippen LogP contribution in [0.25, 0.3) is 138 Å². The highest BCUT2D eigenvalue weighted by atomic mass is 15.1. The van der Waals surface area contributed by atoms with Gasteiger partial charge in [0, 0.05) is 56.2 Å². The molecule has 0 aliphatic carbocycles. The topological polar surface area (TPSA) is 138 Å². The van der Waals surface area contributed by atoms with Crippen molar-refractivity contribution in [1.82, 2.24) is 58.6 Å². The average molecular weight is 947 g/mol. The molecule has 16 aromatic rings. The van der Waals surface area contributed by atoms with E-state index in [0.717, 1.165) is 120 Å². The van der Waals surface area contributed by atoms with E-state index < -0.39 is 0 Å². The highest BCUT2D eigenvalue weighted by molar-refractivity contribution is 6.27. The van der Waals surface area contributed by atoms with E-state index in [1.54, 1.807) is 25.0 Å². The van der Waals surface area contributed by atoms with Crippen molar-refractivity contribution in [2.75, 3.05) is 0 Å². The molecule has 0 radical (unpaired) electrons. The number of fused-ring (bicyclic) bond motifs is 13. The van der Waals surface area contributed by atoms with E-state index in [4.69, 9.17) is 39.9 Å². The molecule has 7 aromatic heterocycles. The number of aromatic nitrogens is 12. The lowest BCUT2D eigenvalue weighted by Crippen LogP contribution is -2.25. The third kappa shape index (κ3) is 5.66. The van der Waals surface area contributed by atoms with Crippen LogP contribution >= 0.6 is 0 Å². The van der Waals surface area contributed by atoms with Gasteiger partial charge in [-0.2, -0.15) is 0 Å². The van der Waals surface area contributed by atoms with E-state index in [0.29, 0.717) is 34.0 Å². The smallest absolute Gasteiger partial charge is 0.165 e. The minimum absolute atomic E-state index is 0.514. The Morgan fingerprint density at radius 2 is 0.851 bits per heavy atom. The molecule has 0 saturated carbocycles. The molecule has 7 heterocycles. The van der Waals surface area contributed by atoms with E-state index in [2.05, 4.69) is 164 Å². The van der Waals surface area contributed by atoms with Gasteiger partial charge in [-0.15, -0.1) is 0 Å². The maximum absolute atomic E-state index is 5.62. The van der Waals surface area contributed by atoms with Gasteiger partial charge in [-0.3, -0.25) is 13.8 Å². The fourth-order valence-electron chi connectivity index (χ4n) is 11.7. The van der Waals surface area contributed by atoms with Crippen LogP contribution < -0.4 is 5.48 Å². The first-order chi connectivity index (χ1) is 36.8. The Balaban J connectivity index is 1.29. The molecule has 0 amide bonds. The normalized spacial score (nSPS) is 12.1. The molecule has 0 bridgehead atoms. The summed E-state index contributed by atoms with van der Waals surface area (Å²) in [6.07, 6.45) is 11.6. The maximum atomic E-state index is 5.62. The van der Waals surface area contributed by atoms with Crippen LogP contribution in [0.15, 0.2) is 208 Å². The first-order valence-electron chi connectivity index (χ1n) is 24.3. The van der Waals surface area contributed by atoms with Crippen molar-refractivity contribution in [2.45, 2.75) is 0 Å². The second kappa shape index (κ2) is 15.5. The number of rotatable bonds is 5. The van der Waals surface area contributed by atoms with Crippen molar-refractivity contribution in [3.8, 4) is 34.0 Å². The van der Waals surface area contributed by atoms with E-state index >= 15 is 0 Å². The molecule has 0 fully saturated rings. The summed E-state index contributed by atoms with van der Waals surface area (Å²) in [5.74, 6) is 1.03. The first-order valence-corrected chi connectivity index (χ1v) is 24.3. The van der Waals surface area contributed by atoms with Gasteiger partial charge in [-0.1, -0.05) is 140 Å². The third-order valence-corrected chi connectivity index (χ3v) is 14.7. The zero-order valence-corrected chi connectivity index (χ0v) is 39.0. The van der Waals surface area contributed by atoms with Crippen LogP contribution in [0.1, 0.15) is 11.1 Å². The molecule has 0 unspecified atom stereocenters. The summed E-state index contributed by atoms with van der Waals surface area (Å²) in [5.41, 5.74) is 11.4. The Kier molecular flexibility index (Phi) is 8.45. The highest BCUT2D eigenvalue weighted by Gasteiger charge is 2.29. The Morgan fingerprint density at radius 1 is 0.378 bits per heavy atom. The summed E-state index contributed by atoms with van der Waals surface area (Å²) in [4.78, 5) is 49.2. The summed E-state index contributed by atoms with van der Waals surface area (Å²) in [7, 11) is 0. The monoisotopic (exact) mass is 946 g/mol. The Hall–Kier alpha value is -10.5. The largest absolute Gasteiger partial charge is 0.276 e. The van der Waals surface area contributed by atoms with Crippen LogP contribution in [0.4, 0.5) is 0 Å². The van der Waals surface area contributed by atoms with Crippen molar-refractivity contribution < 1.29 is 0 Å². The molecule has 12 heteroatoms. The summed E-state index contributed by atoms with van der Waals surface area (Å²) in [6.45, 7) is 0. The number of benzene rings is 9. The molecule has 342 valence electrons. The number of hydrogen-bond donors (Lipinski definition) is 0. The van der Waals surface area contributed by atoms with Crippen molar-refractivity contribution in [3.05, 3.63) is 224 Å². The molecule has 74 heavy (non-hydrogen) atoms. The van der Waals surface area contributed by atoms with Crippen LogP contribution in [0.3, 0.4) is 0 Å². The molecule has 0 aliphatic rings. The van der Waals surface area contributed by atoms with Crippen molar-refractivity contribution in [1.29, 1.82) is 0 Å². The summed E-state index contributed by atoms with van der Waals surface area (Å²) < 4.78 is 4.64. The van der Waals surface area contributed by atoms with Gasteiger partial charge in [-0.25, -0.2) is 44.9 Å². The van der Waals surface area contributed by atoms with E-state index in [1.807, 2.05) is 24.4 Å². The minimum atomic E-state index is 0.514. The minimum Gasteiger partial charge on any atom is -0.276 e. The SMILES string of the molecule is c1ccc(-c2cnc3c(n2)c2c(-c4ncncn4)ccc4c5ccc(-c6ncncn6)c6c7nccnc7n(c(=C(c7cc8ccccc8c8ccccc78)c7cc8ccccc8c8ccccc78)n3c42)c56)cc1. The zero-order valence-electron chi connectivity index (χ0n) is 39.0. The molecular weight excluding hydrogens is 913 g/mol. The van der Waals surface area contributed by atoms with Gasteiger partial charge in [-0.05, 0) is 78.5 Å². The third-order valence-electron chi connectivity index (χ3n) is 14.7. The highest BCUT2D eigenvalue weighted by Crippen LogP contribution is 2.45. The molecule has 0 N–H and O–H groups in total. The molecule has 9 aromatic carbocycles. The molecule has 0 spiro atoms. The quantitative estimate of drug-likeness (QED) is 0.153. The summed E-state index contributed by atoms with van der Waals surface area (Å²) >= 11 is 0. The van der Waals surface area contributed by atoms with Crippen LogP contribution in [0, 0.1) is 0 Å². The average Bonchev–Trinajstić information content (AvgIpc) is 3.96. The molecule has 0 atom stereocenters. The van der Waals surface area contributed by atoms with Crippen molar-refractivity contribution in [2.24, 2.45) is 0 Å². The predicted molar refractivity (Wildman–Crippen MR) is 292 cm³/mol. The van der Waals surface area contributed by atoms with Crippen LogP contribution in [0.2, 0.25) is 0 Å². The molecule has 12 nitrogen and oxygen atoms in total. The Bertz CT molecular complexity index is 4960. The van der Waals surface area contributed by atoms with Gasteiger partial charge in [0.25, 0.3) is 0 Å². The molecule has 16 rings (SSSR count). The fraction of sp³-hybridized carbons (Fsp3) is 0. The first kappa shape index (κ1) is 40.3. The fourth-order valence-corrected chi connectivity index (χ4v) is 11.7. The Morgan fingerprint density at radius 3 is 1.42 bits per heavy atom. The van der Waals surface area contributed by atoms with Crippen molar-refractivity contribution >= 4 is 104 Å². The molecular formula is C62H34N12. The number of hydrogen-bond acceptors (Lipinski definition) is 10. The summed E-state index contributed by atoms with van der Waals surface area (Å²) in [6, 6.07) is 58.2. The van der Waals surface area contributed by atoms with Gasteiger partial charge in [0.05, 0.1) is 22.9 Å². The standard InChI is InChI=1S/C62H34N12/c1-2-12-35(13-3-1)50-30-67-61-55(72-50)53-47(59-70-33-64-34-71-59)25-23-45-44-22-24-46(58-68-31-63-32-69-58)52-54-60(66-27-26-65-54)73(56(44)52)62(74(61)57(45)53)51(48-28-36-14-4-6-16-38(36)40-18-8-10-20-42(40)48)49-29-37-15-5-7-17-39(37)41-19-9-11-21-43(41)49/h1-34H. The van der Waals surface area contributed by atoms with Gasteiger partial charge in [0.1, 0.15) is 41.8 Å². The maximum Gasteiger partial charge on any atom is 0.165 e. The lowest BCUT2D eigenvalue weighted by atomic mass is 9.86. The second-order valence-electron chi connectivity index (χ2n) is 18.5. The molecule has 0 aliphatic heterocycles. The van der Waals surface area contributed by atoms with Gasteiger partial charge < -0.3 is 0 Å². The van der Waals surface area contributed by atoms with E-state index in [-0.39, 0.29) is 0 Å². The van der Waals surface area contributed by atoms with Crippen LogP contribution in [-0.2, 0) is 0 Å². The van der Waals surface area contributed by atoms with Crippen LogP contribution in [-0.4, -0.2) is 58.6 Å². The van der Waals surface area contributed by atoms with E-state index in [9.17, 15) is 0 Å². The second-order valence-corrected chi connectivity index (χ2v) is 18.5. The molecule has 0 saturated heterocycles. The predicted octanol–water partition coefficient (Wildman–Crippen LogP) is 12.3. The van der Waals surface area contributed by atoms with Gasteiger partial charge >= 0.3 is 0 Å². The lowest BCUT2D eigenvalue weighted by molar-refractivity contribution is 0.999. The van der Waals surface area contributed by atoms with Gasteiger partial charge in [0.15, 0.2) is 22.9 Å². The van der Waals surface area contributed by atoms with Crippen LogP contribution in [0.5, 0.6) is 0 Å². The Labute approximate surface area is 418 Å². The summed E-state index contributed by atoms with van der Waals surface area (Å²) in [5, 5.41) is 12.5. The van der Waals surface area contributed by atoms with Crippen molar-refractivity contribution in [3.63, 3.8) is 0 Å².